The molecule has 4 rings (SSSR count). The lowest BCUT2D eigenvalue weighted by atomic mass is 9.89. The number of hydrogen-bond donors (Lipinski definition) is 3. The number of carboxylic acid groups (broad SMARTS) is 1. The van der Waals surface area contributed by atoms with Crippen molar-refractivity contribution in [2.75, 3.05) is 5.32 Å². The maximum atomic E-state index is 13.0. The standard InChI is InChI=1S/C24H20ClN3O3/c25-17-6-9-19-20(12-17)28-24(31)22(19)23(27-18-7-4-14(13-26)5-8-18)16-3-1-2-15(10-16)11-21(29)30/h1-10,12,22H,11,13,26H2,(H,28,31)(H,29,30). The summed E-state index contributed by atoms with van der Waals surface area (Å²) in [5, 5.41) is 12.6. The average molecular weight is 434 g/mol. The molecule has 1 atom stereocenters. The molecular formula is C24H20ClN3O3. The van der Waals surface area contributed by atoms with E-state index in [1.807, 2.05) is 36.4 Å². The van der Waals surface area contributed by atoms with Crippen molar-refractivity contribution >= 4 is 40.6 Å². The molecule has 4 N–H and O–H groups in total. The minimum absolute atomic E-state index is 0.116. The summed E-state index contributed by atoms with van der Waals surface area (Å²) in [6, 6.07) is 19.9. The van der Waals surface area contributed by atoms with Crippen molar-refractivity contribution in [3.8, 4) is 0 Å². The number of aliphatic imine (C=N–C) groups is 1. The number of anilines is 1. The van der Waals surface area contributed by atoms with Gasteiger partial charge in [0.15, 0.2) is 0 Å². The van der Waals surface area contributed by atoms with Gasteiger partial charge in [-0.1, -0.05) is 48.0 Å². The third-order valence-corrected chi connectivity index (χ3v) is 5.35. The molecule has 1 aliphatic heterocycles. The number of aliphatic carboxylic acids is 1. The van der Waals surface area contributed by atoms with Gasteiger partial charge in [-0.05, 0) is 52.6 Å². The van der Waals surface area contributed by atoms with E-state index in [0.717, 1.165) is 11.1 Å². The zero-order valence-corrected chi connectivity index (χ0v) is 17.3. The van der Waals surface area contributed by atoms with Gasteiger partial charge in [0, 0.05) is 17.3 Å². The number of amides is 1. The van der Waals surface area contributed by atoms with E-state index < -0.39 is 11.9 Å². The second-order valence-corrected chi connectivity index (χ2v) is 7.73. The van der Waals surface area contributed by atoms with E-state index >= 15 is 0 Å². The van der Waals surface area contributed by atoms with Crippen LogP contribution in [-0.4, -0.2) is 22.7 Å². The molecule has 1 aliphatic rings. The number of carbonyl (C=O) groups is 2. The number of hydrogen-bond acceptors (Lipinski definition) is 4. The molecule has 3 aromatic carbocycles. The van der Waals surface area contributed by atoms with E-state index in [4.69, 9.17) is 22.3 Å². The van der Waals surface area contributed by atoms with E-state index in [0.29, 0.717) is 39.8 Å². The highest BCUT2D eigenvalue weighted by molar-refractivity contribution is 6.31. The van der Waals surface area contributed by atoms with Gasteiger partial charge in [-0.3, -0.25) is 14.6 Å². The molecule has 0 saturated carbocycles. The molecule has 0 saturated heterocycles. The van der Waals surface area contributed by atoms with Crippen LogP contribution in [-0.2, 0) is 22.6 Å². The van der Waals surface area contributed by atoms with E-state index in [9.17, 15) is 14.7 Å². The normalized spacial score (nSPS) is 15.5. The number of nitrogens with zero attached hydrogens (tertiary/aromatic N) is 1. The summed E-state index contributed by atoms with van der Waals surface area (Å²) < 4.78 is 0. The molecular weight excluding hydrogens is 414 g/mol. The van der Waals surface area contributed by atoms with E-state index in [1.54, 1.807) is 30.3 Å². The van der Waals surface area contributed by atoms with Crippen molar-refractivity contribution in [1.82, 2.24) is 0 Å². The van der Waals surface area contributed by atoms with Gasteiger partial charge in [0.25, 0.3) is 0 Å². The number of benzene rings is 3. The molecule has 0 fully saturated rings. The van der Waals surface area contributed by atoms with Crippen LogP contribution in [0.2, 0.25) is 5.02 Å². The number of fused-ring (bicyclic) bond motifs is 1. The smallest absolute Gasteiger partial charge is 0.307 e. The fourth-order valence-corrected chi connectivity index (χ4v) is 3.83. The molecule has 0 aliphatic carbocycles. The molecule has 1 unspecified atom stereocenters. The first-order valence-corrected chi connectivity index (χ1v) is 10.1. The lowest BCUT2D eigenvalue weighted by Gasteiger charge is -2.15. The Hall–Kier alpha value is -3.48. The first-order valence-electron chi connectivity index (χ1n) is 9.73. The number of nitrogens with two attached hydrogens (primary N) is 1. The highest BCUT2D eigenvalue weighted by Crippen LogP contribution is 2.37. The molecule has 31 heavy (non-hydrogen) atoms. The Morgan fingerprint density at radius 3 is 2.55 bits per heavy atom. The summed E-state index contributed by atoms with van der Waals surface area (Å²) in [5.74, 6) is -1.79. The summed E-state index contributed by atoms with van der Waals surface area (Å²) in [4.78, 5) is 29.0. The Bertz CT molecular complexity index is 1190. The fraction of sp³-hybridized carbons (Fsp3) is 0.125. The van der Waals surface area contributed by atoms with Crippen LogP contribution in [0.25, 0.3) is 0 Å². The first kappa shape index (κ1) is 20.8. The van der Waals surface area contributed by atoms with Crippen molar-refractivity contribution in [2.45, 2.75) is 18.9 Å². The quantitative estimate of drug-likeness (QED) is 0.504. The van der Waals surface area contributed by atoms with Gasteiger partial charge in [-0.25, -0.2) is 0 Å². The van der Waals surface area contributed by atoms with E-state index in [-0.39, 0.29) is 12.3 Å². The van der Waals surface area contributed by atoms with Crippen LogP contribution in [0.1, 0.15) is 28.2 Å². The Balaban J connectivity index is 1.85. The molecule has 156 valence electrons. The van der Waals surface area contributed by atoms with Crippen molar-refractivity contribution < 1.29 is 14.7 Å². The third kappa shape index (κ3) is 4.50. The third-order valence-electron chi connectivity index (χ3n) is 5.12. The SMILES string of the molecule is NCc1ccc(N=C(c2cccc(CC(=O)O)c2)C2C(=O)Nc3cc(Cl)ccc32)cc1. The number of rotatable bonds is 6. The van der Waals surface area contributed by atoms with E-state index in [1.165, 1.54) is 0 Å². The lowest BCUT2D eigenvalue weighted by molar-refractivity contribution is -0.136. The summed E-state index contributed by atoms with van der Waals surface area (Å²) in [7, 11) is 0. The fourth-order valence-electron chi connectivity index (χ4n) is 3.66. The number of carbonyl (C=O) groups excluding carboxylic acids is 1. The molecule has 0 bridgehead atoms. The molecule has 0 radical (unpaired) electrons. The Morgan fingerprint density at radius 2 is 1.84 bits per heavy atom. The van der Waals surface area contributed by atoms with Crippen LogP contribution >= 0.6 is 11.6 Å². The first-order chi connectivity index (χ1) is 14.9. The van der Waals surface area contributed by atoms with Crippen molar-refractivity contribution in [2.24, 2.45) is 10.7 Å². The van der Waals surface area contributed by atoms with Crippen molar-refractivity contribution in [1.29, 1.82) is 0 Å². The molecule has 1 amide bonds. The van der Waals surface area contributed by atoms with Crippen LogP contribution in [0.3, 0.4) is 0 Å². The summed E-state index contributed by atoms with van der Waals surface area (Å²) in [5.41, 5.74) is 10.6. The maximum absolute atomic E-state index is 13.0. The number of carboxylic acids is 1. The van der Waals surface area contributed by atoms with Crippen LogP contribution in [0.5, 0.6) is 0 Å². The van der Waals surface area contributed by atoms with Gasteiger partial charge in [0.2, 0.25) is 5.91 Å². The predicted octanol–water partition coefficient (Wildman–Crippen LogP) is 4.28. The van der Waals surface area contributed by atoms with E-state index in [2.05, 4.69) is 5.32 Å². The second kappa shape index (κ2) is 8.71. The molecule has 3 aromatic rings. The minimum Gasteiger partial charge on any atom is -0.481 e. The highest BCUT2D eigenvalue weighted by Gasteiger charge is 2.35. The van der Waals surface area contributed by atoms with Gasteiger partial charge < -0.3 is 16.2 Å². The van der Waals surface area contributed by atoms with Gasteiger partial charge >= 0.3 is 5.97 Å². The van der Waals surface area contributed by atoms with Gasteiger partial charge in [0.1, 0.15) is 5.92 Å². The lowest BCUT2D eigenvalue weighted by Crippen LogP contribution is -2.22. The van der Waals surface area contributed by atoms with Crippen molar-refractivity contribution in [3.05, 3.63) is 94.0 Å². The van der Waals surface area contributed by atoms with Crippen LogP contribution in [0.4, 0.5) is 11.4 Å². The molecule has 6 nitrogen and oxygen atoms in total. The summed E-state index contributed by atoms with van der Waals surface area (Å²) >= 11 is 6.10. The Labute approximate surface area is 184 Å². The van der Waals surface area contributed by atoms with Crippen molar-refractivity contribution in [3.63, 3.8) is 0 Å². The zero-order chi connectivity index (χ0) is 22.0. The summed E-state index contributed by atoms with van der Waals surface area (Å²) in [6.07, 6.45) is -0.116. The van der Waals surface area contributed by atoms with Gasteiger partial charge in [-0.2, -0.15) is 0 Å². The zero-order valence-electron chi connectivity index (χ0n) is 16.5. The topological polar surface area (TPSA) is 105 Å². The number of halogens is 1. The van der Waals surface area contributed by atoms with Gasteiger partial charge in [-0.15, -0.1) is 0 Å². The molecule has 1 heterocycles. The monoisotopic (exact) mass is 433 g/mol. The van der Waals surface area contributed by atoms with Crippen LogP contribution in [0.15, 0.2) is 71.7 Å². The largest absolute Gasteiger partial charge is 0.481 e. The highest BCUT2D eigenvalue weighted by atomic mass is 35.5. The molecule has 0 aromatic heterocycles. The minimum atomic E-state index is -0.924. The molecule has 7 heteroatoms. The van der Waals surface area contributed by atoms with Gasteiger partial charge in [0.05, 0.1) is 17.8 Å². The summed E-state index contributed by atoms with van der Waals surface area (Å²) in [6.45, 7) is 0.424. The predicted molar refractivity (Wildman–Crippen MR) is 121 cm³/mol. The maximum Gasteiger partial charge on any atom is 0.307 e. The Kier molecular flexibility index (Phi) is 5.84. The van der Waals surface area contributed by atoms with Crippen LogP contribution in [0, 0.1) is 0 Å². The van der Waals surface area contributed by atoms with Crippen LogP contribution < -0.4 is 11.1 Å². The second-order valence-electron chi connectivity index (χ2n) is 7.29. The molecule has 0 spiro atoms. The Morgan fingerprint density at radius 1 is 1.06 bits per heavy atom. The number of nitrogens with one attached hydrogen (secondary N) is 1. The average Bonchev–Trinajstić information content (AvgIpc) is 3.06.